The van der Waals surface area contributed by atoms with Gasteiger partial charge in [-0.15, -0.1) is 0 Å². The predicted octanol–water partition coefficient (Wildman–Crippen LogP) is 1.68. The second kappa shape index (κ2) is 5.18. The van der Waals surface area contributed by atoms with Gasteiger partial charge < -0.3 is 14.8 Å². The summed E-state index contributed by atoms with van der Waals surface area (Å²) in [5.74, 6) is -0.0270. The molecule has 0 radical (unpaired) electrons. The highest BCUT2D eigenvalue weighted by Gasteiger charge is 2.11. The maximum absolute atomic E-state index is 10.9. The summed E-state index contributed by atoms with van der Waals surface area (Å²) in [6, 6.07) is 4.95. The summed E-state index contributed by atoms with van der Waals surface area (Å²) in [5, 5.41) is 17.9. The lowest BCUT2D eigenvalue weighted by Crippen LogP contribution is -2.04. The van der Waals surface area contributed by atoms with Gasteiger partial charge in [0.1, 0.15) is 5.82 Å². The molecule has 96 valence electrons. The highest BCUT2D eigenvalue weighted by Crippen LogP contribution is 2.19. The molecule has 0 aliphatic carbocycles. The molecule has 18 heavy (non-hydrogen) atoms. The first-order chi connectivity index (χ1) is 8.67. The second-order valence-corrected chi connectivity index (χ2v) is 4.12. The highest BCUT2D eigenvalue weighted by atomic mass is 16.4. The van der Waals surface area contributed by atoms with Gasteiger partial charge in [-0.25, -0.2) is 9.78 Å². The number of nitrogens with zero attached hydrogens (tertiary/aromatic N) is 2. The number of carboxylic acid groups (broad SMARTS) is 1. The first-order valence-electron chi connectivity index (χ1n) is 6.00. The van der Waals surface area contributed by atoms with Crippen LogP contribution in [-0.2, 0) is 13.0 Å². The molecule has 0 unspecified atom stereocenters. The van der Waals surface area contributed by atoms with E-state index in [1.807, 2.05) is 11.5 Å². The third-order valence-electron chi connectivity index (χ3n) is 2.93. The molecule has 0 saturated carbocycles. The van der Waals surface area contributed by atoms with E-state index in [-0.39, 0.29) is 12.2 Å². The standard InChI is InChI=1S/C13H16N2O3/c1-2-12-14-10-8-9(13(17)18)4-5-11(10)15(12)6-3-7-16/h4-5,8,16H,2-3,6-7H2,1H3,(H,17,18). The summed E-state index contributed by atoms with van der Waals surface area (Å²) >= 11 is 0. The molecule has 1 aromatic carbocycles. The van der Waals surface area contributed by atoms with E-state index in [9.17, 15) is 4.79 Å². The lowest BCUT2D eigenvalue weighted by Gasteiger charge is -2.06. The molecule has 2 aromatic rings. The van der Waals surface area contributed by atoms with Crippen LogP contribution in [0.1, 0.15) is 29.5 Å². The fraction of sp³-hybridized carbons (Fsp3) is 0.385. The summed E-state index contributed by atoms with van der Waals surface area (Å²) in [7, 11) is 0. The molecule has 2 N–H and O–H groups in total. The van der Waals surface area contributed by atoms with Gasteiger partial charge in [0.2, 0.25) is 0 Å². The third kappa shape index (κ3) is 2.22. The Labute approximate surface area is 105 Å². The molecular weight excluding hydrogens is 232 g/mol. The van der Waals surface area contributed by atoms with Crippen molar-refractivity contribution in [2.75, 3.05) is 6.61 Å². The van der Waals surface area contributed by atoms with Crippen LogP contribution in [0.3, 0.4) is 0 Å². The van der Waals surface area contributed by atoms with Gasteiger partial charge in [-0.1, -0.05) is 6.92 Å². The number of imidazole rings is 1. The zero-order chi connectivity index (χ0) is 13.1. The fourth-order valence-corrected chi connectivity index (χ4v) is 2.06. The number of aromatic nitrogens is 2. The number of carbonyl (C=O) groups is 1. The van der Waals surface area contributed by atoms with Crippen molar-refractivity contribution in [3.63, 3.8) is 0 Å². The number of benzene rings is 1. The first kappa shape index (κ1) is 12.6. The highest BCUT2D eigenvalue weighted by molar-refractivity contribution is 5.92. The Bertz CT molecular complexity index is 575. The van der Waals surface area contributed by atoms with E-state index in [2.05, 4.69) is 4.98 Å². The lowest BCUT2D eigenvalue weighted by atomic mass is 10.2. The maximum Gasteiger partial charge on any atom is 0.335 e. The summed E-state index contributed by atoms with van der Waals surface area (Å²) in [6.07, 6.45) is 1.45. The van der Waals surface area contributed by atoms with Gasteiger partial charge >= 0.3 is 5.97 Å². The molecular formula is C13H16N2O3. The minimum absolute atomic E-state index is 0.135. The molecule has 1 aromatic heterocycles. The number of aliphatic hydroxyl groups is 1. The maximum atomic E-state index is 10.9. The Morgan fingerprint density at radius 2 is 2.22 bits per heavy atom. The third-order valence-corrected chi connectivity index (χ3v) is 2.93. The number of carboxylic acids is 1. The van der Waals surface area contributed by atoms with Crippen molar-refractivity contribution in [1.82, 2.24) is 9.55 Å². The Hall–Kier alpha value is -1.88. The predicted molar refractivity (Wildman–Crippen MR) is 67.8 cm³/mol. The lowest BCUT2D eigenvalue weighted by molar-refractivity contribution is 0.0697. The van der Waals surface area contributed by atoms with Gasteiger partial charge in [-0.2, -0.15) is 0 Å². The van der Waals surface area contributed by atoms with E-state index in [0.29, 0.717) is 18.5 Å². The molecule has 2 rings (SSSR count). The van der Waals surface area contributed by atoms with E-state index in [4.69, 9.17) is 10.2 Å². The molecule has 0 atom stereocenters. The van der Waals surface area contributed by atoms with Crippen LogP contribution in [0.5, 0.6) is 0 Å². The monoisotopic (exact) mass is 248 g/mol. The molecule has 5 nitrogen and oxygen atoms in total. The van der Waals surface area contributed by atoms with Gasteiger partial charge in [-0.05, 0) is 24.6 Å². The smallest absolute Gasteiger partial charge is 0.335 e. The summed E-state index contributed by atoms with van der Waals surface area (Å²) in [6.45, 7) is 2.84. The topological polar surface area (TPSA) is 75.3 Å². The van der Waals surface area contributed by atoms with Crippen LogP contribution in [0.25, 0.3) is 11.0 Å². The van der Waals surface area contributed by atoms with E-state index in [1.54, 1.807) is 18.2 Å². The largest absolute Gasteiger partial charge is 0.478 e. The van der Waals surface area contributed by atoms with Crippen molar-refractivity contribution in [1.29, 1.82) is 0 Å². The van der Waals surface area contributed by atoms with Crippen molar-refractivity contribution in [2.24, 2.45) is 0 Å². The van der Waals surface area contributed by atoms with Crippen molar-refractivity contribution in [3.05, 3.63) is 29.6 Å². The zero-order valence-corrected chi connectivity index (χ0v) is 10.3. The van der Waals surface area contributed by atoms with Crippen LogP contribution in [0, 0.1) is 0 Å². The SMILES string of the molecule is CCc1nc2cc(C(=O)O)ccc2n1CCCO. The second-order valence-electron chi connectivity index (χ2n) is 4.12. The van der Waals surface area contributed by atoms with Gasteiger partial charge in [0.15, 0.2) is 0 Å². The summed E-state index contributed by atoms with van der Waals surface area (Å²) < 4.78 is 2.04. The summed E-state index contributed by atoms with van der Waals surface area (Å²) in [4.78, 5) is 15.4. The van der Waals surface area contributed by atoms with Crippen LogP contribution in [0.2, 0.25) is 0 Å². The normalized spacial score (nSPS) is 11.0. The fourth-order valence-electron chi connectivity index (χ4n) is 2.06. The Morgan fingerprint density at radius 3 is 2.83 bits per heavy atom. The Morgan fingerprint density at radius 1 is 1.44 bits per heavy atom. The number of rotatable bonds is 5. The van der Waals surface area contributed by atoms with Crippen molar-refractivity contribution >= 4 is 17.0 Å². The molecule has 0 fully saturated rings. The average molecular weight is 248 g/mol. The number of fused-ring (bicyclic) bond motifs is 1. The number of hydrogen-bond donors (Lipinski definition) is 2. The molecule has 0 bridgehead atoms. The number of aliphatic hydroxyl groups excluding tert-OH is 1. The molecule has 1 heterocycles. The quantitative estimate of drug-likeness (QED) is 0.844. The van der Waals surface area contributed by atoms with Crippen molar-refractivity contribution in [2.45, 2.75) is 26.3 Å². The summed E-state index contributed by atoms with van der Waals surface area (Å²) in [5.41, 5.74) is 1.87. The van der Waals surface area contributed by atoms with Crippen LogP contribution in [-0.4, -0.2) is 32.3 Å². The van der Waals surface area contributed by atoms with Gasteiger partial charge in [-0.3, -0.25) is 0 Å². The van der Waals surface area contributed by atoms with Gasteiger partial charge in [0.25, 0.3) is 0 Å². The van der Waals surface area contributed by atoms with Gasteiger partial charge in [0, 0.05) is 19.6 Å². The Kier molecular flexibility index (Phi) is 3.62. The first-order valence-corrected chi connectivity index (χ1v) is 6.00. The Balaban J connectivity index is 2.51. The van der Waals surface area contributed by atoms with Crippen LogP contribution >= 0.6 is 0 Å². The molecule has 0 saturated heterocycles. The van der Waals surface area contributed by atoms with E-state index in [1.165, 1.54) is 0 Å². The molecule has 0 aliphatic rings. The average Bonchev–Trinajstić information content (AvgIpc) is 2.72. The van der Waals surface area contributed by atoms with Gasteiger partial charge in [0.05, 0.1) is 16.6 Å². The number of aryl methyl sites for hydroxylation is 2. The van der Waals surface area contributed by atoms with Crippen LogP contribution in [0.4, 0.5) is 0 Å². The van der Waals surface area contributed by atoms with E-state index < -0.39 is 5.97 Å². The minimum Gasteiger partial charge on any atom is -0.478 e. The van der Waals surface area contributed by atoms with Crippen LogP contribution < -0.4 is 0 Å². The molecule has 0 aliphatic heterocycles. The van der Waals surface area contributed by atoms with Crippen molar-refractivity contribution < 1.29 is 15.0 Å². The number of hydrogen-bond acceptors (Lipinski definition) is 3. The minimum atomic E-state index is -0.945. The molecule has 0 amide bonds. The van der Waals surface area contributed by atoms with E-state index in [0.717, 1.165) is 17.8 Å². The van der Waals surface area contributed by atoms with Crippen molar-refractivity contribution in [3.8, 4) is 0 Å². The zero-order valence-electron chi connectivity index (χ0n) is 10.3. The molecule has 0 spiro atoms. The van der Waals surface area contributed by atoms with Crippen LogP contribution in [0.15, 0.2) is 18.2 Å². The number of aromatic carboxylic acids is 1. The van der Waals surface area contributed by atoms with E-state index >= 15 is 0 Å². The molecule has 5 heteroatoms.